The van der Waals surface area contributed by atoms with Gasteiger partial charge in [-0.2, -0.15) is 0 Å². The molecule has 1 heterocycles. The van der Waals surface area contributed by atoms with E-state index in [1.54, 1.807) is 0 Å². The molecule has 0 N–H and O–H groups in total. The third-order valence-electron chi connectivity index (χ3n) is 1.58. The van der Waals surface area contributed by atoms with Crippen LogP contribution in [0.4, 0.5) is 0 Å². The highest BCUT2D eigenvalue weighted by Gasteiger charge is 1.89. The van der Waals surface area contributed by atoms with E-state index in [4.69, 9.17) is 0 Å². The highest BCUT2D eigenvalue weighted by atomic mass is 32.1. The van der Waals surface area contributed by atoms with Crippen molar-refractivity contribution in [1.29, 1.82) is 0 Å². The molecule has 1 heteroatoms. The molecule has 0 aliphatic heterocycles. The molecule has 0 spiro atoms. The Morgan fingerprint density at radius 3 is 2.83 bits per heavy atom. The maximum Gasteiger partial charge on any atom is 0.0137 e. The lowest BCUT2D eigenvalue weighted by atomic mass is 10.2. The zero-order valence-electron chi connectivity index (χ0n) is 7.47. The number of unbranched alkanes of at least 4 members (excludes halogenated alkanes) is 1. The Balaban J connectivity index is 2.16. The number of thiophene rings is 1. The van der Waals surface area contributed by atoms with Gasteiger partial charge in [0.05, 0.1) is 0 Å². The largest absolute Gasteiger partial charge is 0.149 e. The summed E-state index contributed by atoms with van der Waals surface area (Å²) in [7, 11) is 0. The zero-order valence-corrected chi connectivity index (χ0v) is 8.29. The van der Waals surface area contributed by atoms with Crippen LogP contribution in [0.3, 0.4) is 0 Å². The molecule has 0 nitrogen and oxygen atoms in total. The Morgan fingerprint density at radius 2 is 2.17 bits per heavy atom. The van der Waals surface area contributed by atoms with Gasteiger partial charge < -0.3 is 0 Å². The maximum atomic E-state index is 3.18. The third-order valence-corrected chi connectivity index (χ3v) is 2.51. The molecular formula is C11H14S. The van der Waals surface area contributed by atoms with E-state index in [1.165, 1.54) is 11.3 Å². The molecule has 0 aromatic carbocycles. The van der Waals surface area contributed by atoms with Crippen molar-refractivity contribution in [3.8, 4) is 11.8 Å². The molecule has 0 bridgehead atoms. The van der Waals surface area contributed by atoms with E-state index in [9.17, 15) is 0 Å². The molecule has 0 saturated carbocycles. The van der Waals surface area contributed by atoms with Crippen LogP contribution in [0.1, 0.15) is 31.1 Å². The summed E-state index contributed by atoms with van der Waals surface area (Å²) < 4.78 is 0. The van der Waals surface area contributed by atoms with Gasteiger partial charge >= 0.3 is 0 Å². The normalized spacial score (nSPS) is 9.08. The number of hydrogen-bond donors (Lipinski definition) is 0. The molecule has 1 aromatic rings. The molecule has 12 heavy (non-hydrogen) atoms. The van der Waals surface area contributed by atoms with Gasteiger partial charge in [0, 0.05) is 17.7 Å². The van der Waals surface area contributed by atoms with Gasteiger partial charge in [-0.3, -0.25) is 0 Å². The van der Waals surface area contributed by atoms with Crippen molar-refractivity contribution in [2.24, 2.45) is 0 Å². The van der Waals surface area contributed by atoms with E-state index >= 15 is 0 Å². The molecule has 0 fully saturated rings. The summed E-state index contributed by atoms with van der Waals surface area (Å²) in [5.74, 6) is 6.33. The van der Waals surface area contributed by atoms with Crippen LogP contribution in [0.5, 0.6) is 0 Å². The quantitative estimate of drug-likeness (QED) is 0.622. The van der Waals surface area contributed by atoms with E-state index in [0.717, 1.165) is 19.3 Å². The van der Waals surface area contributed by atoms with Crippen LogP contribution in [-0.2, 0) is 6.42 Å². The van der Waals surface area contributed by atoms with Crippen molar-refractivity contribution in [2.45, 2.75) is 32.6 Å². The predicted octanol–water partition coefficient (Wildman–Crippen LogP) is 3.48. The van der Waals surface area contributed by atoms with Crippen LogP contribution in [0, 0.1) is 11.8 Å². The average Bonchev–Trinajstić information content (AvgIpc) is 2.57. The Bertz CT molecular complexity index is 248. The van der Waals surface area contributed by atoms with Gasteiger partial charge in [-0.25, -0.2) is 0 Å². The van der Waals surface area contributed by atoms with E-state index in [0.29, 0.717) is 0 Å². The fourth-order valence-electron chi connectivity index (χ4n) is 0.942. The minimum absolute atomic E-state index is 1.01. The van der Waals surface area contributed by atoms with Crippen molar-refractivity contribution < 1.29 is 0 Å². The summed E-state index contributed by atoms with van der Waals surface area (Å²) in [6.45, 7) is 2.16. The maximum absolute atomic E-state index is 3.18. The van der Waals surface area contributed by atoms with Gasteiger partial charge in [0.25, 0.3) is 0 Å². The zero-order chi connectivity index (χ0) is 8.65. The van der Waals surface area contributed by atoms with Crippen LogP contribution in [0.15, 0.2) is 17.5 Å². The van der Waals surface area contributed by atoms with Crippen LogP contribution >= 0.6 is 11.3 Å². The first-order valence-corrected chi connectivity index (χ1v) is 5.29. The molecule has 0 saturated heterocycles. The van der Waals surface area contributed by atoms with Gasteiger partial charge in [-0.05, 0) is 24.3 Å². The first-order chi connectivity index (χ1) is 5.93. The fraction of sp³-hybridized carbons (Fsp3) is 0.455. The lowest BCUT2D eigenvalue weighted by molar-refractivity contribution is 0.976. The number of hydrogen-bond acceptors (Lipinski definition) is 1. The second-order valence-electron chi connectivity index (χ2n) is 2.68. The molecule has 0 amide bonds. The van der Waals surface area contributed by atoms with Crippen molar-refractivity contribution in [1.82, 2.24) is 0 Å². The first-order valence-electron chi connectivity index (χ1n) is 4.41. The van der Waals surface area contributed by atoms with Crippen molar-refractivity contribution in [3.63, 3.8) is 0 Å². The average molecular weight is 178 g/mol. The predicted molar refractivity (Wildman–Crippen MR) is 55.3 cm³/mol. The molecule has 0 atom stereocenters. The summed E-state index contributed by atoms with van der Waals surface area (Å²) in [5, 5.41) is 2.12. The van der Waals surface area contributed by atoms with Gasteiger partial charge in [0.1, 0.15) is 0 Å². The molecule has 1 rings (SSSR count). The lowest BCUT2D eigenvalue weighted by Crippen LogP contribution is -1.75. The van der Waals surface area contributed by atoms with Gasteiger partial charge in [0.15, 0.2) is 0 Å². The molecule has 0 aliphatic carbocycles. The lowest BCUT2D eigenvalue weighted by Gasteiger charge is -1.87. The van der Waals surface area contributed by atoms with Crippen molar-refractivity contribution in [2.75, 3.05) is 0 Å². The SMILES string of the molecule is CCCC#CCCc1cccs1. The second kappa shape index (κ2) is 5.85. The molecule has 64 valence electrons. The number of rotatable bonds is 3. The fourth-order valence-corrected chi connectivity index (χ4v) is 1.65. The summed E-state index contributed by atoms with van der Waals surface area (Å²) in [6.07, 6.45) is 4.35. The van der Waals surface area contributed by atoms with Gasteiger partial charge in [-0.15, -0.1) is 23.2 Å². The van der Waals surface area contributed by atoms with Gasteiger partial charge in [-0.1, -0.05) is 13.0 Å². The minimum Gasteiger partial charge on any atom is -0.149 e. The van der Waals surface area contributed by atoms with Crippen molar-refractivity contribution >= 4 is 11.3 Å². The summed E-state index contributed by atoms with van der Waals surface area (Å²) in [4.78, 5) is 1.45. The summed E-state index contributed by atoms with van der Waals surface area (Å²) in [5.41, 5.74) is 0. The van der Waals surface area contributed by atoms with Crippen molar-refractivity contribution in [3.05, 3.63) is 22.4 Å². The molecule has 1 aromatic heterocycles. The van der Waals surface area contributed by atoms with Crippen LogP contribution in [0.25, 0.3) is 0 Å². The Hall–Kier alpha value is -0.740. The second-order valence-corrected chi connectivity index (χ2v) is 3.72. The van der Waals surface area contributed by atoms with Crippen LogP contribution in [-0.4, -0.2) is 0 Å². The van der Waals surface area contributed by atoms with Crippen LogP contribution in [0.2, 0.25) is 0 Å². The smallest absolute Gasteiger partial charge is 0.0137 e. The molecule has 0 radical (unpaired) electrons. The minimum atomic E-state index is 1.01. The molecule has 0 aliphatic rings. The van der Waals surface area contributed by atoms with E-state index in [-0.39, 0.29) is 0 Å². The first kappa shape index (κ1) is 9.35. The topological polar surface area (TPSA) is 0 Å². The van der Waals surface area contributed by atoms with E-state index in [1.807, 2.05) is 11.3 Å². The molecule has 0 unspecified atom stereocenters. The third kappa shape index (κ3) is 3.59. The highest BCUT2D eigenvalue weighted by Crippen LogP contribution is 2.09. The Labute approximate surface area is 78.6 Å². The summed E-state index contributed by atoms with van der Waals surface area (Å²) >= 11 is 1.82. The summed E-state index contributed by atoms with van der Waals surface area (Å²) in [6, 6.07) is 4.27. The Kier molecular flexibility index (Phi) is 4.56. The Morgan fingerprint density at radius 1 is 1.33 bits per heavy atom. The van der Waals surface area contributed by atoms with E-state index in [2.05, 4.69) is 36.3 Å². The van der Waals surface area contributed by atoms with Crippen LogP contribution < -0.4 is 0 Å². The standard InChI is InChI=1S/C11H14S/c1-2-3-4-5-6-8-11-9-7-10-12-11/h7,9-10H,2-3,6,8H2,1H3. The monoisotopic (exact) mass is 178 g/mol. The highest BCUT2D eigenvalue weighted by molar-refractivity contribution is 7.09. The van der Waals surface area contributed by atoms with Gasteiger partial charge in [0.2, 0.25) is 0 Å². The van der Waals surface area contributed by atoms with E-state index < -0.39 is 0 Å². The number of aryl methyl sites for hydroxylation is 1. The molecular weight excluding hydrogens is 164 g/mol.